The van der Waals surface area contributed by atoms with Gasteiger partial charge in [-0.1, -0.05) is 31.2 Å². The van der Waals surface area contributed by atoms with Crippen molar-refractivity contribution in [3.05, 3.63) is 57.3 Å². The second-order valence-corrected chi connectivity index (χ2v) is 6.63. The molecule has 0 spiro atoms. The highest BCUT2D eigenvalue weighted by Crippen LogP contribution is 2.14. The standard InChI is InChI=1S/C19H27N3OS.HI/c1-4-10-23-14-17-8-6-5-7-16(17)12-21-19(20-3)22-13-18-15(2)9-11-24-18;/h5-9,11H,4,10,12-14H2,1-3H3,(H2,20,21,22);1H. The number of guanidine groups is 1. The summed E-state index contributed by atoms with van der Waals surface area (Å²) in [5.41, 5.74) is 3.79. The summed E-state index contributed by atoms with van der Waals surface area (Å²) in [4.78, 5) is 5.64. The molecule has 0 fully saturated rings. The quantitative estimate of drug-likeness (QED) is 0.258. The van der Waals surface area contributed by atoms with Crippen LogP contribution >= 0.6 is 35.3 Å². The molecular formula is C19H28IN3OS. The summed E-state index contributed by atoms with van der Waals surface area (Å²) in [6, 6.07) is 10.5. The normalized spacial score (nSPS) is 11.1. The molecule has 2 aromatic rings. The van der Waals surface area contributed by atoms with Crippen LogP contribution in [0.3, 0.4) is 0 Å². The van der Waals surface area contributed by atoms with Gasteiger partial charge in [-0.3, -0.25) is 4.99 Å². The molecule has 2 N–H and O–H groups in total. The summed E-state index contributed by atoms with van der Waals surface area (Å²) in [7, 11) is 1.80. The van der Waals surface area contributed by atoms with Gasteiger partial charge in [-0.05, 0) is 41.5 Å². The number of thiophene rings is 1. The molecule has 0 atom stereocenters. The van der Waals surface area contributed by atoms with E-state index in [2.05, 4.69) is 65.2 Å². The number of ether oxygens (including phenoxy) is 1. The minimum atomic E-state index is 0. The molecule has 0 saturated carbocycles. The van der Waals surface area contributed by atoms with Gasteiger partial charge < -0.3 is 15.4 Å². The molecule has 0 aliphatic rings. The number of hydrogen-bond donors (Lipinski definition) is 2. The van der Waals surface area contributed by atoms with Gasteiger partial charge in [-0.2, -0.15) is 0 Å². The van der Waals surface area contributed by atoms with Crippen molar-refractivity contribution in [2.75, 3.05) is 13.7 Å². The Morgan fingerprint density at radius 3 is 2.48 bits per heavy atom. The second-order valence-electron chi connectivity index (χ2n) is 5.63. The van der Waals surface area contributed by atoms with Crippen molar-refractivity contribution in [3.63, 3.8) is 0 Å². The van der Waals surface area contributed by atoms with E-state index in [-0.39, 0.29) is 24.0 Å². The fourth-order valence-corrected chi connectivity index (χ4v) is 3.19. The lowest BCUT2D eigenvalue weighted by molar-refractivity contribution is 0.121. The third-order valence-corrected chi connectivity index (χ3v) is 4.80. The number of aliphatic imine (C=N–C) groups is 1. The molecule has 0 aliphatic heterocycles. The Labute approximate surface area is 172 Å². The van der Waals surface area contributed by atoms with Crippen molar-refractivity contribution < 1.29 is 4.74 Å². The molecule has 0 unspecified atom stereocenters. The summed E-state index contributed by atoms with van der Waals surface area (Å²) >= 11 is 1.77. The molecule has 6 heteroatoms. The summed E-state index contributed by atoms with van der Waals surface area (Å²) < 4.78 is 5.68. The molecule has 1 aromatic carbocycles. The van der Waals surface area contributed by atoms with Gasteiger partial charge >= 0.3 is 0 Å². The van der Waals surface area contributed by atoms with Crippen LogP contribution in [-0.4, -0.2) is 19.6 Å². The smallest absolute Gasteiger partial charge is 0.191 e. The van der Waals surface area contributed by atoms with Crippen molar-refractivity contribution in [3.8, 4) is 0 Å². The van der Waals surface area contributed by atoms with Gasteiger partial charge in [0.05, 0.1) is 13.2 Å². The predicted molar refractivity (Wildman–Crippen MR) is 118 cm³/mol. The van der Waals surface area contributed by atoms with E-state index in [4.69, 9.17) is 4.74 Å². The maximum atomic E-state index is 5.68. The van der Waals surface area contributed by atoms with Crippen molar-refractivity contribution in [2.45, 2.75) is 40.0 Å². The Balaban J connectivity index is 0.00000312. The molecule has 0 amide bonds. The van der Waals surface area contributed by atoms with Gasteiger partial charge in [0, 0.05) is 25.1 Å². The van der Waals surface area contributed by atoms with Crippen LogP contribution in [-0.2, 0) is 24.4 Å². The third kappa shape index (κ3) is 7.33. The van der Waals surface area contributed by atoms with Gasteiger partial charge in [-0.25, -0.2) is 0 Å². The first kappa shape index (κ1) is 21.9. The largest absolute Gasteiger partial charge is 0.377 e. The first-order valence-corrected chi connectivity index (χ1v) is 9.24. The van der Waals surface area contributed by atoms with Crippen LogP contribution in [0, 0.1) is 6.92 Å². The van der Waals surface area contributed by atoms with Crippen LogP contribution in [0.1, 0.15) is 34.9 Å². The zero-order valence-electron chi connectivity index (χ0n) is 15.2. The fraction of sp³-hybridized carbons (Fsp3) is 0.421. The van der Waals surface area contributed by atoms with Gasteiger partial charge in [-0.15, -0.1) is 35.3 Å². The molecule has 1 heterocycles. The maximum absolute atomic E-state index is 5.68. The van der Waals surface area contributed by atoms with Gasteiger partial charge in [0.2, 0.25) is 0 Å². The lowest BCUT2D eigenvalue weighted by atomic mass is 10.1. The van der Waals surface area contributed by atoms with Gasteiger partial charge in [0.1, 0.15) is 0 Å². The predicted octanol–water partition coefficient (Wildman–Crippen LogP) is 4.47. The van der Waals surface area contributed by atoms with Crippen molar-refractivity contribution in [2.24, 2.45) is 4.99 Å². The molecule has 4 nitrogen and oxygen atoms in total. The second kappa shape index (κ2) is 12.3. The van der Waals surface area contributed by atoms with Gasteiger partial charge in [0.15, 0.2) is 5.96 Å². The topological polar surface area (TPSA) is 45.6 Å². The lowest BCUT2D eigenvalue weighted by Crippen LogP contribution is -2.36. The maximum Gasteiger partial charge on any atom is 0.191 e. The Morgan fingerprint density at radius 1 is 1.12 bits per heavy atom. The first-order valence-electron chi connectivity index (χ1n) is 8.36. The van der Waals surface area contributed by atoms with Crippen molar-refractivity contribution in [1.29, 1.82) is 0 Å². The molecule has 0 radical (unpaired) electrons. The van der Waals surface area contributed by atoms with Crippen LogP contribution in [0.4, 0.5) is 0 Å². The number of nitrogens with one attached hydrogen (secondary N) is 2. The number of hydrogen-bond acceptors (Lipinski definition) is 3. The Bertz CT molecular complexity index is 658. The van der Waals surface area contributed by atoms with E-state index in [9.17, 15) is 0 Å². The van der Waals surface area contributed by atoms with Crippen molar-refractivity contribution in [1.82, 2.24) is 10.6 Å². The zero-order valence-corrected chi connectivity index (χ0v) is 18.3. The summed E-state index contributed by atoms with van der Waals surface area (Å²) in [6.45, 7) is 7.24. The first-order chi connectivity index (χ1) is 11.7. The van der Waals surface area contributed by atoms with Crippen LogP contribution in [0.2, 0.25) is 0 Å². The molecular weight excluding hydrogens is 445 g/mol. The van der Waals surface area contributed by atoms with Crippen LogP contribution in [0.15, 0.2) is 40.7 Å². The molecule has 138 valence electrons. The van der Waals surface area contributed by atoms with Crippen LogP contribution < -0.4 is 10.6 Å². The third-order valence-electron chi connectivity index (χ3n) is 3.78. The van der Waals surface area contributed by atoms with Crippen molar-refractivity contribution >= 4 is 41.3 Å². The lowest BCUT2D eigenvalue weighted by Gasteiger charge is -2.14. The molecule has 2 rings (SSSR count). The highest BCUT2D eigenvalue weighted by Gasteiger charge is 2.05. The van der Waals surface area contributed by atoms with Crippen LogP contribution in [0.5, 0.6) is 0 Å². The highest BCUT2D eigenvalue weighted by molar-refractivity contribution is 14.0. The van der Waals surface area contributed by atoms with E-state index in [0.29, 0.717) is 6.61 Å². The van der Waals surface area contributed by atoms with E-state index >= 15 is 0 Å². The SMILES string of the molecule is CCCOCc1ccccc1CNC(=NC)NCc1sccc1C.I. The Morgan fingerprint density at radius 2 is 1.84 bits per heavy atom. The number of aryl methyl sites for hydroxylation is 1. The number of halogens is 1. The summed E-state index contributed by atoms with van der Waals surface area (Å²) in [5, 5.41) is 8.88. The molecule has 1 aromatic heterocycles. The van der Waals surface area contributed by atoms with Gasteiger partial charge in [0.25, 0.3) is 0 Å². The zero-order chi connectivity index (χ0) is 17.2. The highest BCUT2D eigenvalue weighted by atomic mass is 127. The minimum Gasteiger partial charge on any atom is -0.377 e. The molecule has 25 heavy (non-hydrogen) atoms. The summed E-state index contributed by atoms with van der Waals surface area (Å²) in [6.07, 6.45) is 1.04. The Kier molecular flexibility index (Phi) is 10.8. The number of nitrogens with zero attached hydrogens (tertiary/aromatic N) is 1. The van der Waals surface area contributed by atoms with E-state index in [1.807, 2.05) is 0 Å². The van der Waals surface area contributed by atoms with E-state index in [0.717, 1.165) is 32.1 Å². The average molecular weight is 473 g/mol. The van der Waals surface area contributed by atoms with E-state index < -0.39 is 0 Å². The number of benzene rings is 1. The van der Waals surface area contributed by atoms with E-state index in [1.165, 1.54) is 21.6 Å². The molecule has 0 bridgehead atoms. The summed E-state index contributed by atoms with van der Waals surface area (Å²) in [5.74, 6) is 0.812. The monoisotopic (exact) mass is 473 g/mol. The minimum absolute atomic E-state index is 0. The number of rotatable bonds is 8. The fourth-order valence-electron chi connectivity index (χ4n) is 2.35. The van der Waals surface area contributed by atoms with Crippen LogP contribution in [0.25, 0.3) is 0 Å². The average Bonchev–Trinajstić information content (AvgIpc) is 3.01. The molecule has 0 saturated heterocycles. The van der Waals surface area contributed by atoms with E-state index in [1.54, 1.807) is 18.4 Å². The molecule has 0 aliphatic carbocycles. The Hall–Kier alpha value is -1.12.